The van der Waals surface area contributed by atoms with Crippen LogP contribution < -0.4 is 0 Å². The largest absolute Gasteiger partial charge is 0.338 e. The smallest absolute Gasteiger partial charge is 0.250 e. The van der Waals surface area contributed by atoms with Crippen molar-refractivity contribution >= 4 is 5.91 Å². The van der Waals surface area contributed by atoms with Crippen LogP contribution in [0, 0.1) is 39.9 Å². The monoisotopic (exact) mass is 357 g/mol. The SMILES string of the molecule is C[C@H]1C[C@H]2N(C)C(=O)C(C(C)(C)C)=C[C@]2(C)[C@H]2CC[C@]3(C)CCC[C@H]3[C@H]12. The predicted octanol–water partition coefficient (Wildman–Crippen LogP) is 5.68. The van der Waals surface area contributed by atoms with Crippen LogP contribution in [0.15, 0.2) is 11.6 Å². The highest BCUT2D eigenvalue weighted by atomic mass is 16.2. The summed E-state index contributed by atoms with van der Waals surface area (Å²) in [6.07, 6.45) is 10.7. The van der Waals surface area contributed by atoms with Crippen LogP contribution in [-0.2, 0) is 4.79 Å². The molecule has 3 aliphatic carbocycles. The standard InChI is InChI=1S/C24H39NO/c1-15-13-19-24(6,14-18(22(2,3)4)21(26)25(19)7)17-10-12-23(5)11-8-9-16(23)20(15)17/h14-17,19-20H,8-13H2,1-7H3/t15-,16-,17-,19+,20-,23-,24+/m0/s1. The zero-order valence-electron chi connectivity index (χ0n) is 18.1. The van der Waals surface area contributed by atoms with Gasteiger partial charge in [0.2, 0.25) is 5.91 Å². The van der Waals surface area contributed by atoms with Gasteiger partial charge >= 0.3 is 0 Å². The van der Waals surface area contributed by atoms with E-state index >= 15 is 0 Å². The fourth-order valence-corrected chi connectivity index (χ4v) is 7.73. The number of rotatable bonds is 0. The van der Waals surface area contributed by atoms with Gasteiger partial charge in [-0.1, -0.05) is 54.0 Å². The van der Waals surface area contributed by atoms with Crippen molar-refractivity contribution < 1.29 is 4.79 Å². The Labute approximate surface area is 160 Å². The Morgan fingerprint density at radius 2 is 1.81 bits per heavy atom. The van der Waals surface area contributed by atoms with Gasteiger partial charge in [0.15, 0.2) is 0 Å². The van der Waals surface area contributed by atoms with E-state index < -0.39 is 0 Å². The highest BCUT2D eigenvalue weighted by molar-refractivity contribution is 5.96. The van der Waals surface area contributed by atoms with Gasteiger partial charge in [0, 0.05) is 24.1 Å². The van der Waals surface area contributed by atoms with Gasteiger partial charge in [-0.05, 0) is 66.6 Å². The Morgan fingerprint density at radius 3 is 2.46 bits per heavy atom. The van der Waals surface area contributed by atoms with Gasteiger partial charge in [-0.2, -0.15) is 0 Å². The van der Waals surface area contributed by atoms with Crippen LogP contribution in [0.5, 0.6) is 0 Å². The summed E-state index contributed by atoms with van der Waals surface area (Å²) in [5, 5.41) is 0. The summed E-state index contributed by atoms with van der Waals surface area (Å²) in [5.41, 5.74) is 1.71. The molecule has 7 atom stereocenters. The second kappa shape index (κ2) is 5.61. The van der Waals surface area contributed by atoms with Gasteiger partial charge in [-0.15, -0.1) is 0 Å². The lowest BCUT2D eigenvalue weighted by Gasteiger charge is -2.62. The van der Waals surface area contributed by atoms with Gasteiger partial charge in [-0.25, -0.2) is 0 Å². The first-order valence-corrected chi connectivity index (χ1v) is 11.0. The van der Waals surface area contributed by atoms with E-state index in [1.54, 1.807) is 0 Å². The molecule has 0 N–H and O–H groups in total. The molecule has 2 nitrogen and oxygen atoms in total. The van der Waals surface area contributed by atoms with Gasteiger partial charge < -0.3 is 4.90 Å². The molecule has 1 aliphatic heterocycles. The molecular formula is C24H39NO. The van der Waals surface area contributed by atoms with E-state index in [4.69, 9.17) is 0 Å². The van der Waals surface area contributed by atoms with Crippen LogP contribution in [0.3, 0.4) is 0 Å². The molecule has 4 rings (SSSR count). The minimum atomic E-state index is -0.0750. The molecule has 1 heterocycles. The number of carbonyl (C=O) groups excluding carboxylic acids is 1. The first kappa shape index (κ1) is 18.6. The summed E-state index contributed by atoms with van der Waals surface area (Å²) in [7, 11) is 2.07. The molecule has 0 aromatic carbocycles. The second-order valence-corrected chi connectivity index (χ2v) is 11.7. The van der Waals surface area contributed by atoms with Crippen LogP contribution in [0.2, 0.25) is 0 Å². The Bertz CT molecular complexity index is 643. The number of amides is 1. The van der Waals surface area contributed by atoms with E-state index in [0.717, 1.165) is 29.2 Å². The minimum absolute atomic E-state index is 0.0750. The minimum Gasteiger partial charge on any atom is -0.338 e. The Balaban J connectivity index is 1.80. The zero-order chi connectivity index (χ0) is 19.1. The maximum absolute atomic E-state index is 13.1. The van der Waals surface area contributed by atoms with Gasteiger partial charge in [0.05, 0.1) is 0 Å². The van der Waals surface area contributed by atoms with Gasteiger partial charge in [-0.3, -0.25) is 4.79 Å². The molecule has 2 heteroatoms. The first-order chi connectivity index (χ1) is 12.0. The van der Waals surface area contributed by atoms with Crippen molar-refractivity contribution in [2.75, 3.05) is 7.05 Å². The van der Waals surface area contributed by atoms with Crippen LogP contribution >= 0.6 is 0 Å². The van der Waals surface area contributed by atoms with Gasteiger partial charge in [0.1, 0.15) is 0 Å². The summed E-state index contributed by atoms with van der Waals surface area (Å²) in [5.74, 6) is 3.49. The molecule has 26 heavy (non-hydrogen) atoms. The molecule has 0 bridgehead atoms. The van der Waals surface area contributed by atoms with Crippen molar-refractivity contribution in [3.8, 4) is 0 Å². The topological polar surface area (TPSA) is 20.3 Å². The second-order valence-electron chi connectivity index (χ2n) is 11.7. The average Bonchev–Trinajstić information content (AvgIpc) is 2.93. The summed E-state index contributed by atoms with van der Waals surface area (Å²) >= 11 is 0. The molecule has 146 valence electrons. The van der Waals surface area contributed by atoms with Crippen molar-refractivity contribution in [2.45, 2.75) is 86.1 Å². The molecule has 1 amide bonds. The molecule has 0 aromatic heterocycles. The van der Waals surface area contributed by atoms with E-state index in [2.05, 4.69) is 59.6 Å². The van der Waals surface area contributed by atoms with Crippen LogP contribution in [-0.4, -0.2) is 23.9 Å². The van der Waals surface area contributed by atoms with Crippen LogP contribution in [0.4, 0.5) is 0 Å². The molecular weight excluding hydrogens is 318 g/mol. The van der Waals surface area contributed by atoms with Gasteiger partial charge in [0.25, 0.3) is 0 Å². The maximum atomic E-state index is 13.1. The molecule has 0 radical (unpaired) electrons. The molecule has 0 aromatic rings. The van der Waals surface area contributed by atoms with E-state index in [1.807, 2.05) is 0 Å². The predicted molar refractivity (Wildman–Crippen MR) is 108 cm³/mol. The van der Waals surface area contributed by atoms with Crippen LogP contribution in [0.1, 0.15) is 80.1 Å². The summed E-state index contributed by atoms with van der Waals surface area (Å²) in [6, 6.07) is 0.378. The van der Waals surface area contributed by atoms with E-state index in [1.165, 1.54) is 38.5 Å². The van der Waals surface area contributed by atoms with Crippen LogP contribution in [0.25, 0.3) is 0 Å². The third-order valence-electron chi connectivity index (χ3n) is 9.16. The molecule has 4 aliphatic rings. The number of hydrogen-bond donors (Lipinski definition) is 0. The highest BCUT2D eigenvalue weighted by Gasteiger charge is 2.61. The van der Waals surface area contributed by atoms with Crippen molar-refractivity contribution in [1.82, 2.24) is 4.90 Å². The number of carbonyl (C=O) groups is 1. The number of likely N-dealkylation sites (N-methyl/N-ethyl adjacent to an activating group) is 1. The van der Waals surface area contributed by atoms with Crippen molar-refractivity contribution in [2.24, 2.45) is 39.9 Å². The lowest BCUT2D eigenvalue weighted by molar-refractivity contribution is -0.145. The summed E-state index contributed by atoms with van der Waals surface area (Å²) < 4.78 is 0. The lowest BCUT2D eigenvalue weighted by Crippen LogP contribution is -2.62. The summed E-state index contributed by atoms with van der Waals surface area (Å²) in [6.45, 7) is 14.2. The molecule has 3 saturated carbocycles. The molecule has 0 saturated heterocycles. The molecule has 0 unspecified atom stereocenters. The fourth-order valence-electron chi connectivity index (χ4n) is 7.73. The number of hydrogen-bond acceptors (Lipinski definition) is 1. The van der Waals surface area contributed by atoms with E-state index in [-0.39, 0.29) is 16.7 Å². The number of fused-ring (bicyclic) bond motifs is 5. The Hall–Kier alpha value is -0.790. The molecule has 0 spiro atoms. The zero-order valence-corrected chi connectivity index (χ0v) is 18.1. The maximum Gasteiger partial charge on any atom is 0.250 e. The van der Waals surface area contributed by atoms with E-state index in [0.29, 0.717) is 11.5 Å². The van der Waals surface area contributed by atoms with E-state index in [9.17, 15) is 4.79 Å². The summed E-state index contributed by atoms with van der Waals surface area (Å²) in [4.78, 5) is 15.2. The highest BCUT2D eigenvalue weighted by Crippen LogP contribution is 2.65. The normalized spacial score (nSPS) is 48.6. The average molecular weight is 358 g/mol. The molecule has 3 fully saturated rings. The number of nitrogens with zero attached hydrogens (tertiary/aromatic N) is 1. The third-order valence-corrected chi connectivity index (χ3v) is 9.16. The fraction of sp³-hybridized carbons (Fsp3) is 0.875. The third kappa shape index (κ3) is 2.39. The van der Waals surface area contributed by atoms with Crippen molar-refractivity contribution in [3.05, 3.63) is 11.6 Å². The first-order valence-electron chi connectivity index (χ1n) is 11.0. The quantitative estimate of drug-likeness (QED) is 0.546. The Kier molecular flexibility index (Phi) is 4.01. The Morgan fingerprint density at radius 1 is 1.12 bits per heavy atom. The van der Waals surface area contributed by atoms with Crippen molar-refractivity contribution in [3.63, 3.8) is 0 Å². The lowest BCUT2D eigenvalue weighted by atomic mass is 9.45. The van der Waals surface area contributed by atoms with Crippen molar-refractivity contribution in [1.29, 1.82) is 0 Å².